The summed E-state index contributed by atoms with van der Waals surface area (Å²) in [7, 11) is 0. The summed E-state index contributed by atoms with van der Waals surface area (Å²) in [6, 6.07) is 13.4. The summed E-state index contributed by atoms with van der Waals surface area (Å²) in [5, 5.41) is 20.7. The number of carbonyl (C=O) groups is 3. The number of benzene rings is 2. The molecular weight excluding hydrogens is 564 g/mol. The number of aliphatic hydroxyl groups excluding tert-OH is 1. The molecule has 0 aliphatic carbocycles. The molecule has 3 heterocycles. The third kappa shape index (κ3) is 4.40. The van der Waals surface area contributed by atoms with Crippen molar-refractivity contribution in [2.24, 2.45) is 11.8 Å². The Kier molecular flexibility index (Phi) is 7.43. The molecule has 8 nitrogen and oxygen atoms in total. The topological polar surface area (TPSA) is 107 Å². The molecule has 2 N–H and O–H groups in total. The predicted octanol–water partition coefficient (Wildman–Crippen LogP) is 3.26. The molecule has 206 valence electrons. The van der Waals surface area contributed by atoms with Crippen LogP contribution in [0.25, 0.3) is 0 Å². The van der Waals surface area contributed by atoms with Gasteiger partial charge >= 0.3 is 5.97 Å². The normalized spacial score (nSPS) is 29.8. The van der Waals surface area contributed by atoms with Gasteiger partial charge in [0.05, 0.1) is 30.6 Å². The van der Waals surface area contributed by atoms with Gasteiger partial charge in [0.15, 0.2) is 0 Å². The van der Waals surface area contributed by atoms with E-state index in [2.05, 4.69) is 22.5 Å². The van der Waals surface area contributed by atoms with Gasteiger partial charge < -0.3 is 24.7 Å². The maximum absolute atomic E-state index is 14.7. The van der Waals surface area contributed by atoms with Crippen molar-refractivity contribution in [1.82, 2.24) is 4.90 Å². The van der Waals surface area contributed by atoms with Gasteiger partial charge in [0.2, 0.25) is 5.91 Å². The zero-order chi connectivity index (χ0) is 28.1. The summed E-state index contributed by atoms with van der Waals surface area (Å²) in [6.07, 6.45) is 1.51. The van der Waals surface area contributed by atoms with Gasteiger partial charge in [-0.3, -0.25) is 14.4 Å². The highest BCUT2D eigenvalue weighted by Gasteiger charge is 2.77. The monoisotopic (exact) mass is 596 g/mol. The molecule has 7 atom stereocenters. The average molecular weight is 598 g/mol. The number of hydrogen-bond acceptors (Lipinski definition) is 5. The fraction of sp³-hybridized carbons (Fsp3) is 0.433. The van der Waals surface area contributed by atoms with E-state index in [0.717, 1.165) is 16.7 Å². The number of hydrogen-bond donors (Lipinski definition) is 2. The Morgan fingerprint density at radius 3 is 2.62 bits per heavy atom. The van der Waals surface area contributed by atoms with Crippen molar-refractivity contribution in [3.8, 4) is 0 Å². The molecule has 2 amide bonds. The molecule has 1 spiro atoms. The lowest BCUT2D eigenvalue weighted by Crippen LogP contribution is -2.59. The first-order valence-corrected chi connectivity index (χ1v) is 14.1. The zero-order valence-corrected chi connectivity index (χ0v) is 23.6. The highest BCUT2D eigenvalue weighted by atomic mass is 79.9. The SMILES string of the molecule is C=CCN(C(=O)C1N([C@@H](CO)Cc2ccccc2)C(=O)[C@@H]2[C@@H](C(=O)O)[C@@H]3OC12CC3Br)c1cc(C)ccc1C. The number of alkyl halides is 1. The molecule has 3 unspecified atom stereocenters. The van der Waals surface area contributed by atoms with Crippen LogP contribution >= 0.6 is 15.9 Å². The van der Waals surface area contributed by atoms with E-state index in [-0.39, 0.29) is 17.3 Å². The molecular formula is C30H33BrN2O6. The summed E-state index contributed by atoms with van der Waals surface area (Å²) in [5.41, 5.74) is 2.09. The van der Waals surface area contributed by atoms with Crippen LogP contribution in [0, 0.1) is 25.7 Å². The Hall–Kier alpha value is -3.01. The van der Waals surface area contributed by atoms with Crippen molar-refractivity contribution in [2.45, 2.75) is 55.3 Å². The molecule has 3 aliphatic heterocycles. The van der Waals surface area contributed by atoms with Crippen LogP contribution in [0.15, 0.2) is 61.2 Å². The van der Waals surface area contributed by atoms with Crippen molar-refractivity contribution in [3.05, 3.63) is 77.9 Å². The van der Waals surface area contributed by atoms with E-state index in [4.69, 9.17) is 4.74 Å². The van der Waals surface area contributed by atoms with E-state index in [1.165, 1.54) is 4.90 Å². The first-order chi connectivity index (χ1) is 18.6. The van der Waals surface area contributed by atoms with Crippen molar-refractivity contribution >= 4 is 39.4 Å². The molecule has 2 aromatic carbocycles. The molecule has 2 bridgehead atoms. The Morgan fingerprint density at radius 1 is 1.26 bits per heavy atom. The first-order valence-electron chi connectivity index (χ1n) is 13.2. The number of nitrogens with zero attached hydrogens (tertiary/aromatic N) is 2. The number of fused-ring (bicyclic) bond motifs is 1. The van der Waals surface area contributed by atoms with Gasteiger partial charge in [0, 0.05) is 17.1 Å². The smallest absolute Gasteiger partial charge is 0.310 e. The second-order valence-electron chi connectivity index (χ2n) is 10.8. The number of carbonyl (C=O) groups excluding carboxylic acids is 2. The fourth-order valence-electron chi connectivity index (χ4n) is 6.75. The van der Waals surface area contributed by atoms with Crippen molar-refractivity contribution in [1.29, 1.82) is 0 Å². The number of anilines is 1. The third-order valence-corrected chi connectivity index (χ3v) is 9.24. The van der Waals surface area contributed by atoms with Gasteiger partial charge in [-0.15, -0.1) is 6.58 Å². The Morgan fingerprint density at radius 2 is 1.97 bits per heavy atom. The molecule has 3 fully saturated rings. The van der Waals surface area contributed by atoms with Gasteiger partial charge in [-0.25, -0.2) is 0 Å². The van der Waals surface area contributed by atoms with Crippen molar-refractivity contribution < 1.29 is 29.3 Å². The average Bonchev–Trinajstić information content (AvgIpc) is 3.51. The van der Waals surface area contributed by atoms with Gasteiger partial charge in [-0.05, 0) is 49.4 Å². The minimum atomic E-state index is -1.34. The van der Waals surface area contributed by atoms with E-state index in [0.29, 0.717) is 18.5 Å². The quantitative estimate of drug-likeness (QED) is 0.340. The largest absolute Gasteiger partial charge is 0.481 e. The van der Waals surface area contributed by atoms with Crippen LogP contribution in [0.4, 0.5) is 5.69 Å². The summed E-state index contributed by atoms with van der Waals surface area (Å²) in [5.74, 6) is -4.09. The van der Waals surface area contributed by atoms with Crippen molar-refractivity contribution in [3.63, 3.8) is 0 Å². The number of carboxylic acid groups (broad SMARTS) is 1. The van der Waals surface area contributed by atoms with Gasteiger partial charge in [0.25, 0.3) is 5.91 Å². The maximum Gasteiger partial charge on any atom is 0.310 e. The Labute approximate surface area is 236 Å². The molecule has 3 saturated heterocycles. The lowest BCUT2D eigenvalue weighted by Gasteiger charge is -2.39. The van der Waals surface area contributed by atoms with E-state index < -0.39 is 54.1 Å². The summed E-state index contributed by atoms with van der Waals surface area (Å²) in [4.78, 5) is 44.0. The predicted molar refractivity (Wildman–Crippen MR) is 150 cm³/mol. The number of aliphatic hydroxyl groups is 1. The van der Waals surface area contributed by atoms with Crippen LogP contribution in [0.3, 0.4) is 0 Å². The number of likely N-dealkylation sites (tertiary alicyclic amines) is 1. The third-order valence-electron chi connectivity index (χ3n) is 8.40. The van der Waals surface area contributed by atoms with Crippen LogP contribution in [0.2, 0.25) is 0 Å². The summed E-state index contributed by atoms with van der Waals surface area (Å²) >= 11 is 3.58. The first kappa shape index (κ1) is 27.6. The van der Waals surface area contributed by atoms with Gasteiger partial charge in [-0.2, -0.15) is 0 Å². The van der Waals surface area contributed by atoms with Crippen LogP contribution in [-0.4, -0.2) is 74.7 Å². The molecule has 5 rings (SSSR count). The van der Waals surface area contributed by atoms with E-state index >= 15 is 0 Å². The minimum Gasteiger partial charge on any atom is -0.481 e. The number of rotatable bonds is 9. The number of ether oxygens (including phenoxy) is 1. The molecule has 3 aliphatic rings. The molecule has 0 aromatic heterocycles. The van der Waals surface area contributed by atoms with Crippen LogP contribution in [-0.2, 0) is 25.5 Å². The number of amides is 2. The Bertz CT molecular complexity index is 1300. The number of halogens is 1. The second kappa shape index (κ2) is 10.5. The Balaban J connectivity index is 1.65. The number of aliphatic carboxylic acids is 1. The van der Waals surface area contributed by atoms with Crippen molar-refractivity contribution in [2.75, 3.05) is 18.1 Å². The lowest BCUT2D eigenvalue weighted by atomic mass is 9.70. The standard InChI is InChI=1S/C30H33BrN2O6/c1-4-12-32(22-13-17(2)10-11-18(22)3)28(36)26-30-15-21(31)25(39-30)23(29(37)38)24(30)27(35)33(26)20(16-34)14-19-8-6-5-7-9-19/h4-11,13,20-21,23-26,34H,1,12,14-16H2,2-3H3,(H,37,38)/t20-,21?,23-,24+,25-,26?,30?/m1/s1. The molecule has 0 radical (unpaired) electrons. The number of carboxylic acids is 1. The van der Waals surface area contributed by atoms with E-state index in [9.17, 15) is 24.6 Å². The van der Waals surface area contributed by atoms with Gasteiger partial charge in [0.1, 0.15) is 11.6 Å². The maximum atomic E-state index is 14.7. The van der Waals surface area contributed by atoms with Crippen LogP contribution in [0.5, 0.6) is 0 Å². The molecule has 0 saturated carbocycles. The molecule has 9 heteroatoms. The minimum absolute atomic E-state index is 0.189. The summed E-state index contributed by atoms with van der Waals surface area (Å²) < 4.78 is 6.42. The highest BCUT2D eigenvalue weighted by molar-refractivity contribution is 9.09. The van der Waals surface area contributed by atoms with Gasteiger partial charge in [-0.1, -0.05) is 64.5 Å². The second-order valence-corrected chi connectivity index (χ2v) is 12.0. The molecule has 39 heavy (non-hydrogen) atoms. The highest BCUT2D eigenvalue weighted by Crippen LogP contribution is 2.60. The zero-order valence-electron chi connectivity index (χ0n) is 22.0. The fourth-order valence-corrected chi connectivity index (χ4v) is 7.70. The van der Waals surface area contributed by atoms with Crippen LogP contribution in [0.1, 0.15) is 23.1 Å². The summed E-state index contributed by atoms with van der Waals surface area (Å²) in [6.45, 7) is 7.51. The van der Waals surface area contributed by atoms with Crippen LogP contribution < -0.4 is 4.90 Å². The van der Waals surface area contributed by atoms with E-state index in [1.54, 1.807) is 11.0 Å². The molecule has 2 aromatic rings. The lowest BCUT2D eigenvalue weighted by molar-refractivity contribution is -0.150. The number of aryl methyl sites for hydroxylation is 2. The van der Waals surface area contributed by atoms with E-state index in [1.807, 2.05) is 62.4 Å².